The highest BCUT2D eigenvalue weighted by atomic mass is 19.4. The van der Waals surface area contributed by atoms with E-state index in [1.165, 1.54) is 36.7 Å². The van der Waals surface area contributed by atoms with Crippen LogP contribution < -0.4 is 16.0 Å². The van der Waals surface area contributed by atoms with Crippen LogP contribution in [0.4, 0.5) is 23.2 Å². The second kappa shape index (κ2) is 8.75. The number of benzene rings is 2. The second-order valence-corrected chi connectivity index (χ2v) is 6.26. The molecule has 0 spiro atoms. The summed E-state index contributed by atoms with van der Waals surface area (Å²) < 4.78 is 52.4. The number of hydrogen-bond acceptors (Lipinski definition) is 5. The molecule has 0 saturated heterocycles. The van der Waals surface area contributed by atoms with E-state index in [2.05, 4.69) is 20.9 Å². The Labute approximate surface area is 168 Å². The van der Waals surface area contributed by atoms with Gasteiger partial charge in [-0.1, -0.05) is 12.1 Å². The number of carbonyl (C=O) groups is 1. The summed E-state index contributed by atoms with van der Waals surface area (Å²) in [5.41, 5.74) is -1.05. The van der Waals surface area contributed by atoms with E-state index in [0.717, 1.165) is 11.6 Å². The van der Waals surface area contributed by atoms with Gasteiger partial charge in [-0.25, -0.2) is 4.39 Å². The van der Waals surface area contributed by atoms with E-state index < -0.39 is 29.4 Å². The first-order valence-corrected chi connectivity index (χ1v) is 8.67. The zero-order valence-electron chi connectivity index (χ0n) is 15.3. The predicted octanol–water partition coefficient (Wildman–Crippen LogP) is 3.29. The number of nitrogens with one attached hydrogen (secondary N) is 3. The molecule has 1 heterocycles. The lowest BCUT2D eigenvalue weighted by Gasteiger charge is -2.23. The van der Waals surface area contributed by atoms with Crippen LogP contribution in [0.3, 0.4) is 0 Å². The van der Waals surface area contributed by atoms with Crippen LogP contribution in [0.2, 0.25) is 0 Å². The van der Waals surface area contributed by atoms with Crippen molar-refractivity contribution in [2.75, 3.05) is 5.32 Å². The molecule has 154 valence electrons. The van der Waals surface area contributed by atoms with Crippen LogP contribution >= 0.6 is 0 Å². The molecule has 1 amide bonds. The van der Waals surface area contributed by atoms with E-state index in [-0.39, 0.29) is 23.8 Å². The molecule has 3 N–H and O–H groups in total. The van der Waals surface area contributed by atoms with Gasteiger partial charge in [0, 0.05) is 24.6 Å². The standard InChI is InChI=1S/C20H15F4N5O/c21-14-4-1-12(2-5-14)11-28-18-17(26-7-8-27-18)19(30)29-15-6-3-13(10-25)16(9-15)20(22,23)24/h1-9,18,27-28H,11H2,(H,29,30). The van der Waals surface area contributed by atoms with Crippen molar-refractivity contribution in [3.05, 3.63) is 77.4 Å². The Morgan fingerprint density at radius 2 is 1.93 bits per heavy atom. The molecule has 0 fully saturated rings. The quantitative estimate of drug-likeness (QED) is 0.652. The molecule has 0 radical (unpaired) electrons. The van der Waals surface area contributed by atoms with Crippen LogP contribution in [0.5, 0.6) is 0 Å². The first-order valence-electron chi connectivity index (χ1n) is 8.67. The average molecular weight is 417 g/mol. The molecular formula is C20H15F4N5O. The second-order valence-electron chi connectivity index (χ2n) is 6.26. The topological polar surface area (TPSA) is 89.3 Å². The summed E-state index contributed by atoms with van der Waals surface area (Å²) >= 11 is 0. The van der Waals surface area contributed by atoms with Crippen molar-refractivity contribution in [1.29, 1.82) is 5.26 Å². The van der Waals surface area contributed by atoms with E-state index in [0.29, 0.717) is 6.07 Å². The largest absolute Gasteiger partial charge is 0.417 e. The lowest BCUT2D eigenvalue weighted by molar-refractivity contribution is -0.137. The highest BCUT2D eigenvalue weighted by Gasteiger charge is 2.34. The van der Waals surface area contributed by atoms with Gasteiger partial charge in [-0.3, -0.25) is 15.1 Å². The third-order valence-corrected chi connectivity index (χ3v) is 4.18. The van der Waals surface area contributed by atoms with Gasteiger partial charge in [0.25, 0.3) is 5.91 Å². The van der Waals surface area contributed by atoms with Gasteiger partial charge in [0.15, 0.2) is 0 Å². The van der Waals surface area contributed by atoms with Crippen molar-refractivity contribution in [2.24, 2.45) is 4.99 Å². The van der Waals surface area contributed by atoms with E-state index in [1.807, 2.05) is 0 Å². The van der Waals surface area contributed by atoms with Crippen LogP contribution in [0, 0.1) is 17.1 Å². The molecule has 2 aromatic carbocycles. The number of hydrogen-bond donors (Lipinski definition) is 3. The number of carbonyl (C=O) groups excluding carboxylic acids is 1. The minimum atomic E-state index is -4.74. The highest BCUT2D eigenvalue weighted by Crippen LogP contribution is 2.33. The van der Waals surface area contributed by atoms with Gasteiger partial charge >= 0.3 is 6.18 Å². The zero-order valence-corrected chi connectivity index (χ0v) is 15.3. The fourth-order valence-corrected chi connectivity index (χ4v) is 2.73. The number of nitrogens with zero attached hydrogens (tertiary/aromatic N) is 2. The van der Waals surface area contributed by atoms with E-state index in [9.17, 15) is 22.4 Å². The third-order valence-electron chi connectivity index (χ3n) is 4.18. The minimum Gasteiger partial charge on any atom is -0.369 e. The summed E-state index contributed by atoms with van der Waals surface area (Å²) in [7, 11) is 0. The molecule has 0 aliphatic carbocycles. The molecule has 0 aromatic heterocycles. The lowest BCUT2D eigenvalue weighted by atomic mass is 10.1. The van der Waals surface area contributed by atoms with Gasteiger partial charge in [0.2, 0.25) is 0 Å². The highest BCUT2D eigenvalue weighted by molar-refractivity contribution is 6.45. The summed E-state index contributed by atoms with van der Waals surface area (Å²) in [5.74, 6) is -1.10. The smallest absolute Gasteiger partial charge is 0.369 e. The van der Waals surface area contributed by atoms with Gasteiger partial charge in [-0.05, 0) is 35.9 Å². The molecule has 1 aliphatic heterocycles. The van der Waals surface area contributed by atoms with Gasteiger partial charge < -0.3 is 10.6 Å². The van der Waals surface area contributed by atoms with Crippen LogP contribution in [0.15, 0.2) is 59.9 Å². The molecule has 6 nitrogen and oxygen atoms in total. The van der Waals surface area contributed by atoms with Crippen molar-refractivity contribution in [1.82, 2.24) is 10.6 Å². The fourth-order valence-electron chi connectivity index (χ4n) is 2.73. The molecular weight excluding hydrogens is 402 g/mol. The molecule has 3 rings (SSSR count). The Bertz CT molecular complexity index is 1040. The van der Waals surface area contributed by atoms with Gasteiger partial charge in [0.1, 0.15) is 17.7 Å². The van der Waals surface area contributed by atoms with Crippen molar-refractivity contribution in [3.63, 3.8) is 0 Å². The van der Waals surface area contributed by atoms with Crippen molar-refractivity contribution < 1.29 is 22.4 Å². The SMILES string of the molecule is N#Cc1ccc(NC(=O)C2=NC=CNC2NCc2ccc(F)cc2)cc1C(F)(F)F. The number of alkyl halides is 3. The van der Waals surface area contributed by atoms with Gasteiger partial charge in [0.05, 0.1) is 17.2 Å². The predicted molar refractivity (Wildman–Crippen MR) is 102 cm³/mol. The molecule has 1 atom stereocenters. The maximum absolute atomic E-state index is 13.1. The summed E-state index contributed by atoms with van der Waals surface area (Å²) in [6, 6.07) is 10.1. The molecule has 0 saturated carbocycles. The van der Waals surface area contributed by atoms with Crippen LogP contribution in [0.25, 0.3) is 0 Å². The molecule has 1 unspecified atom stereocenters. The first kappa shape index (κ1) is 21.0. The first-order chi connectivity index (χ1) is 14.3. The number of anilines is 1. The number of halogens is 4. The fraction of sp³-hybridized carbons (Fsp3) is 0.150. The van der Waals surface area contributed by atoms with Crippen molar-refractivity contribution >= 4 is 17.3 Å². The Kier molecular flexibility index (Phi) is 6.13. The Morgan fingerprint density at radius 3 is 2.60 bits per heavy atom. The summed E-state index contributed by atoms with van der Waals surface area (Å²) in [6.07, 6.45) is -2.62. The van der Waals surface area contributed by atoms with Gasteiger partial charge in [-0.15, -0.1) is 0 Å². The van der Waals surface area contributed by atoms with Crippen molar-refractivity contribution in [2.45, 2.75) is 18.9 Å². The molecule has 2 aromatic rings. The minimum absolute atomic E-state index is 0.00229. The summed E-state index contributed by atoms with van der Waals surface area (Å²) in [6.45, 7) is 0.285. The summed E-state index contributed by atoms with van der Waals surface area (Å²) in [5, 5.41) is 17.1. The molecule has 10 heteroatoms. The zero-order chi connectivity index (χ0) is 21.7. The Hall–Kier alpha value is -3.71. The number of amides is 1. The maximum Gasteiger partial charge on any atom is 0.417 e. The average Bonchev–Trinajstić information content (AvgIpc) is 2.73. The van der Waals surface area contributed by atoms with E-state index in [4.69, 9.17) is 5.26 Å². The normalized spacial score (nSPS) is 15.7. The van der Waals surface area contributed by atoms with Crippen LogP contribution in [0.1, 0.15) is 16.7 Å². The summed E-state index contributed by atoms with van der Waals surface area (Å²) in [4.78, 5) is 16.6. The lowest BCUT2D eigenvalue weighted by Crippen LogP contribution is -2.51. The number of rotatable bonds is 5. The van der Waals surface area contributed by atoms with Crippen LogP contribution in [-0.4, -0.2) is 17.8 Å². The molecule has 0 bridgehead atoms. The van der Waals surface area contributed by atoms with Crippen molar-refractivity contribution in [3.8, 4) is 6.07 Å². The maximum atomic E-state index is 13.1. The Morgan fingerprint density at radius 1 is 1.20 bits per heavy atom. The van der Waals surface area contributed by atoms with Crippen LogP contribution in [-0.2, 0) is 17.5 Å². The third kappa shape index (κ3) is 5.01. The monoisotopic (exact) mass is 417 g/mol. The Balaban J connectivity index is 1.73. The molecule has 1 aliphatic rings. The number of nitriles is 1. The number of aliphatic imine (C=N–C) groups is 1. The van der Waals surface area contributed by atoms with Gasteiger partial charge in [-0.2, -0.15) is 18.4 Å². The molecule has 30 heavy (non-hydrogen) atoms. The van der Waals surface area contributed by atoms with E-state index >= 15 is 0 Å². The van der Waals surface area contributed by atoms with E-state index in [1.54, 1.807) is 12.1 Å².